The maximum atomic E-state index is 11.0. The topological polar surface area (TPSA) is 54.4 Å². The van der Waals surface area contributed by atoms with Gasteiger partial charge in [0, 0.05) is 6.42 Å². The van der Waals surface area contributed by atoms with Crippen LogP contribution < -0.4 is 0 Å². The molecule has 3 atom stereocenters. The molecule has 1 saturated carbocycles. The van der Waals surface area contributed by atoms with Crippen molar-refractivity contribution in [2.24, 2.45) is 17.8 Å². The molecule has 0 unspecified atom stereocenters. The summed E-state index contributed by atoms with van der Waals surface area (Å²) in [4.78, 5) is 21.8. The van der Waals surface area contributed by atoms with Crippen molar-refractivity contribution in [1.82, 2.24) is 0 Å². The van der Waals surface area contributed by atoms with Crippen LogP contribution in [-0.2, 0) is 9.59 Å². The highest BCUT2D eigenvalue weighted by molar-refractivity contribution is 5.75. The van der Waals surface area contributed by atoms with Crippen molar-refractivity contribution in [3.63, 3.8) is 0 Å². The Morgan fingerprint density at radius 1 is 1.41 bits per heavy atom. The Balaban J connectivity index is 2.62. The highest BCUT2D eigenvalue weighted by Crippen LogP contribution is 2.41. The fraction of sp³-hybridized carbons (Fsp3) is 0.714. The highest BCUT2D eigenvalue weighted by atomic mass is 16.4. The van der Waals surface area contributed by atoms with Crippen LogP contribution >= 0.6 is 0 Å². The minimum Gasteiger partial charge on any atom is -0.481 e. The molecule has 3 nitrogen and oxygen atoms in total. The van der Waals surface area contributed by atoms with Gasteiger partial charge in [0.1, 0.15) is 5.78 Å². The van der Waals surface area contributed by atoms with Crippen LogP contribution in [0.2, 0.25) is 0 Å². The van der Waals surface area contributed by atoms with E-state index in [1.54, 1.807) is 6.92 Å². The lowest BCUT2D eigenvalue weighted by atomic mass is 9.69. The lowest BCUT2D eigenvalue weighted by Crippen LogP contribution is -2.27. The molecule has 0 aromatic rings. The average molecular weight is 238 g/mol. The standard InChI is InChI=1S/C14H22O3/c1-9-4-6-12(8-14(16)17)11(3)13(9)7-5-10(2)15/h9,12-13H,3-8H2,1-2H3,(H,16,17)/t9-,12+,13+/m1/s1. The molecule has 17 heavy (non-hydrogen) atoms. The quantitative estimate of drug-likeness (QED) is 0.749. The zero-order chi connectivity index (χ0) is 13.0. The van der Waals surface area contributed by atoms with Crippen molar-refractivity contribution < 1.29 is 14.7 Å². The Labute approximate surface area is 103 Å². The number of allylic oxidation sites excluding steroid dienone is 1. The molecule has 0 aromatic heterocycles. The Morgan fingerprint density at radius 3 is 2.59 bits per heavy atom. The first-order chi connectivity index (χ1) is 7.91. The first-order valence-corrected chi connectivity index (χ1v) is 6.31. The number of hydrogen-bond donors (Lipinski definition) is 1. The number of carbonyl (C=O) groups is 2. The van der Waals surface area contributed by atoms with Crippen molar-refractivity contribution in [3.05, 3.63) is 12.2 Å². The number of aliphatic carboxylic acids is 1. The molecule has 96 valence electrons. The summed E-state index contributed by atoms with van der Waals surface area (Å²) in [6, 6.07) is 0. The predicted molar refractivity (Wildman–Crippen MR) is 66.7 cm³/mol. The predicted octanol–water partition coefficient (Wildman–Crippen LogP) is 3.05. The number of carbonyl (C=O) groups excluding carboxylic acids is 1. The molecule has 0 saturated heterocycles. The minimum absolute atomic E-state index is 0.0978. The van der Waals surface area contributed by atoms with Gasteiger partial charge in [0.05, 0.1) is 6.42 Å². The normalized spacial score (nSPS) is 29.1. The molecule has 3 heteroatoms. The molecule has 0 bridgehead atoms. The summed E-state index contributed by atoms with van der Waals surface area (Å²) in [5.41, 5.74) is 1.05. The smallest absolute Gasteiger partial charge is 0.303 e. The molecular formula is C14H22O3. The van der Waals surface area contributed by atoms with E-state index in [9.17, 15) is 9.59 Å². The van der Waals surface area contributed by atoms with E-state index < -0.39 is 5.97 Å². The van der Waals surface area contributed by atoms with E-state index in [1.165, 1.54) is 0 Å². The van der Waals surface area contributed by atoms with Gasteiger partial charge in [-0.15, -0.1) is 0 Å². The molecule has 0 aromatic carbocycles. The highest BCUT2D eigenvalue weighted by Gasteiger charge is 2.32. The van der Waals surface area contributed by atoms with Gasteiger partial charge in [0.15, 0.2) is 0 Å². The van der Waals surface area contributed by atoms with E-state index in [2.05, 4.69) is 13.5 Å². The van der Waals surface area contributed by atoms with Crippen LogP contribution in [0.15, 0.2) is 12.2 Å². The summed E-state index contributed by atoms with van der Waals surface area (Å²) >= 11 is 0. The second kappa shape index (κ2) is 5.99. The van der Waals surface area contributed by atoms with Crippen LogP contribution in [0, 0.1) is 17.8 Å². The van der Waals surface area contributed by atoms with Crippen LogP contribution in [0.4, 0.5) is 0 Å². The molecule has 1 rings (SSSR count). The molecule has 0 radical (unpaired) electrons. The summed E-state index contributed by atoms with van der Waals surface area (Å²) in [6.45, 7) is 7.86. The van der Waals surface area contributed by atoms with E-state index >= 15 is 0 Å². The van der Waals surface area contributed by atoms with Crippen LogP contribution in [-0.4, -0.2) is 16.9 Å². The van der Waals surface area contributed by atoms with Gasteiger partial charge in [-0.25, -0.2) is 0 Å². The molecule has 0 heterocycles. The Bertz CT molecular complexity index is 319. The minimum atomic E-state index is -0.754. The van der Waals surface area contributed by atoms with Crippen molar-refractivity contribution >= 4 is 11.8 Å². The molecule has 0 amide bonds. The number of carboxylic acid groups (broad SMARTS) is 1. The van der Waals surface area contributed by atoms with E-state index in [-0.39, 0.29) is 18.1 Å². The van der Waals surface area contributed by atoms with Gasteiger partial charge in [-0.1, -0.05) is 19.1 Å². The number of Topliss-reactive ketones (excluding diaryl/α,β-unsaturated/α-hetero) is 1. The van der Waals surface area contributed by atoms with Gasteiger partial charge in [-0.2, -0.15) is 0 Å². The summed E-state index contributed by atoms with van der Waals surface area (Å²) in [7, 11) is 0. The fourth-order valence-electron chi connectivity index (χ4n) is 2.79. The summed E-state index contributed by atoms with van der Waals surface area (Å²) < 4.78 is 0. The van der Waals surface area contributed by atoms with Gasteiger partial charge in [0.25, 0.3) is 0 Å². The second-order valence-electron chi connectivity index (χ2n) is 5.27. The summed E-state index contributed by atoms with van der Waals surface area (Å²) in [5, 5.41) is 8.86. The molecule has 0 spiro atoms. The number of ketones is 1. The van der Waals surface area contributed by atoms with Gasteiger partial charge < -0.3 is 9.90 Å². The van der Waals surface area contributed by atoms with Crippen LogP contribution in [0.5, 0.6) is 0 Å². The largest absolute Gasteiger partial charge is 0.481 e. The summed E-state index contributed by atoms with van der Waals surface area (Å²) in [6.07, 6.45) is 3.55. The summed E-state index contributed by atoms with van der Waals surface area (Å²) in [5.74, 6) is 0.380. The lowest BCUT2D eigenvalue weighted by molar-refractivity contribution is -0.138. The first-order valence-electron chi connectivity index (χ1n) is 6.31. The third kappa shape index (κ3) is 3.99. The molecule has 1 fully saturated rings. The number of rotatable bonds is 5. The molecule has 1 N–H and O–H groups in total. The Morgan fingerprint density at radius 2 is 2.06 bits per heavy atom. The molecular weight excluding hydrogens is 216 g/mol. The Hall–Kier alpha value is -1.12. The third-order valence-corrected chi connectivity index (χ3v) is 3.89. The molecule has 1 aliphatic rings. The maximum Gasteiger partial charge on any atom is 0.303 e. The lowest BCUT2D eigenvalue weighted by Gasteiger charge is -2.36. The molecule has 1 aliphatic carbocycles. The third-order valence-electron chi connectivity index (χ3n) is 3.89. The van der Waals surface area contributed by atoms with Crippen LogP contribution in [0.3, 0.4) is 0 Å². The van der Waals surface area contributed by atoms with Gasteiger partial charge in [0.2, 0.25) is 0 Å². The van der Waals surface area contributed by atoms with Crippen molar-refractivity contribution in [3.8, 4) is 0 Å². The van der Waals surface area contributed by atoms with Gasteiger partial charge in [-0.05, 0) is 43.9 Å². The van der Waals surface area contributed by atoms with E-state index in [4.69, 9.17) is 5.11 Å². The fourth-order valence-corrected chi connectivity index (χ4v) is 2.79. The van der Waals surface area contributed by atoms with E-state index in [1.807, 2.05) is 0 Å². The number of hydrogen-bond acceptors (Lipinski definition) is 2. The van der Waals surface area contributed by atoms with E-state index in [0.717, 1.165) is 24.8 Å². The second-order valence-corrected chi connectivity index (χ2v) is 5.27. The first kappa shape index (κ1) is 13.9. The van der Waals surface area contributed by atoms with Crippen LogP contribution in [0.25, 0.3) is 0 Å². The number of carboxylic acids is 1. The van der Waals surface area contributed by atoms with Crippen molar-refractivity contribution in [2.45, 2.75) is 46.0 Å². The van der Waals surface area contributed by atoms with E-state index in [0.29, 0.717) is 18.3 Å². The zero-order valence-corrected chi connectivity index (χ0v) is 10.7. The monoisotopic (exact) mass is 238 g/mol. The van der Waals surface area contributed by atoms with Crippen molar-refractivity contribution in [1.29, 1.82) is 0 Å². The maximum absolute atomic E-state index is 11.0. The Kier molecular flexibility index (Phi) is 4.91. The van der Waals surface area contributed by atoms with Crippen molar-refractivity contribution in [2.75, 3.05) is 0 Å². The average Bonchev–Trinajstić information content (AvgIpc) is 2.21. The van der Waals surface area contributed by atoms with Gasteiger partial charge >= 0.3 is 5.97 Å². The van der Waals surface area contributed by atoms with Gasteiger partial charge in [-0.3, -0.25) is 4.79 Å². The SMILES string of the molecule is C=C1[C@H](CC(=O)O)CC[C@@H](C)[C@@H]1CCC(C)=O. The van der Waals surface area contributed by atoms with Crippen LogP contribution in [0.1, 0.15) is 46.0 Å². The molecule has 0 aliphatic heterocycles. The zero-order valence-electron chi connectivity index (χ0n) is 10.7.